The molecule has 0 spiro atoms. The highest BCUT2D eigenvalue weighted by Gasteiger charge is 2.67. The average Bonchev–Trinajstić information content (AvgIpc) is 2.32. The smallest absolute Gasteiger partial charge is 0.293 e. The molecule has 21 heavy (non-hydrogen) atoms. The van der Waals surface area contributed by atoms with Crippen LogP contribution in [-0.2, 0) is 14.9 Å². The molecular weight excluding hydrogens is 344 g/mol. The van der Waals surface area contributed by atoms with E-state index in [1.165, 1.54) is 0 Å². The van der Waals surface area contributed by atoms with Crippen LogP contribution in [0.1, 0.15) is 13.3 Å². The van der Waals surface area contributed by atoms with Crippen molar-refractivity contribution in [3.63, 3.8) is 0 Å². The maximum absolute atomic E-state index is 13.0. The highest BCUT2D eigenvalue weighted by atomic mass is 32.2. The number of ether oxygens (including phenoxy) is 1. The lowest BCUT2D eigenvalue weighted by molar-refractivity contribution is -0.372. The van der Waals surface area contributed by atoms with Gasteiger partial charge in [-0.2, -0.15) is 26.0 Å². The summed E-state index contributed by atoms with van der Waals surface area (Å²) < 4.78 is 133. The van der Waals surface area contributed by atoms with E-state index in [0.29, 0.717) is 0 Å². The van der Waals surface area contributed by atoms with Gasteiger partial charge >= 0.3 is 12.0 Å². The summed E-state index contributed by atoms with van der Waals surface area (Å²) in [4.78, 5) is 0. The lowest BCUT2D eigenvalue weighted by atomic mass is 10.1. The van der Waals surface area contributed by atoms with E-state index in [9.17, 15) is 43.5 Å². The molecule has 0 aliphatic carbocycles. The number of hydrogen-bond donors (Lipinski definition) is 1. The Morgan fingerprint density at radius 3 is 1.81 bits per heavy atom. The van der Waals surface area contributed by atoms with Gasteiger partial charge in [0.1, 0.15) is 0 Å². The van der Waals surface area contributed by atoms with Crippen molar-refractivity contribution in [1.82, 2.24) is 0 Å². The summed E-state index contributed by atoms with van der Waals surface area (Å²) in [5.74, 6) is -6.10. The van der Waals surface area contributed by atoms with Crippen LogP contribution in [0.15, 0.2) is 0 Å². The van der Waals surface area contributed by atoms with Crippen LogP contribution in [0, 0.1) is 0 Å². The molecule has 0 saturated heterocycles. The summed E-state index contributed by atoms with van der Waals surface area (Å²) in [5.41, 5.74) is -2.88. The second kappa shape index (κ2) is 6.60. The van der Waals surface area contributed by atoms with Crippen LogP contribution < -0.4 is 0 Å². The molecule has 1 N–H and O–H groups in total. The van der Waals surface area contributed by atoms with Gasteiger partial charge in [-0.3, -0.25) is 9.29 Å². The second-order valence-corrected chi connectivity index (χ2v) is 5.35. The molecule has 0 aliphatic rings. The van der Waals surface area contributed by atoms with E-state index in [0.717, 1.165) is 6.92 Å². The van der Waals surface area contributed by atoms with E-state index in [1.54, 1.807) is 0 Å². The molecular formula is C8H10F8O4S. The highest BCUT2D eigenvalue weighted by molar-refractivity contribution is 7.86. The molecule has 3 atom stereocenters. The molecule has 4 nitrogen and oxygen atoms in total. The monoisotopic (exact) mass is 354 g/mol. The van der Waals surface area contributed by atoms with Gasteiger partial charge in [-0.15, -0.1) is 0 Å². The highest BCUT2D eigenvalue weighted by Crippen LogP contribution is 2.43. The zero-order chi connectivity index (χ0) is 17.2. The minimum Gasteiger partial charge on any atom is -0.293 e. The Balaban J connectivity index is 5.37. The fourth-order valence-electron chi connectivity index (χ4n) is 1.09. The Morgan fingerprint density at radius 1 is 1.10 bits per heavy atom. The molecule has 128 valence electrons. The van der Waals surface area contributed by atoms with Gasteiger partial charge in [0.25, 0.3) is 16.5 Å². The number of alkyl halides is 8. The summed E-state index contributed by atoms with van der Waals surface area (Å²) in [6, 6.07) is 0. The first-order valence-corrected chi connectivity index (χ1v) is 6.64. The molecule has 0 bridgehead atoms. The Kier molecular flexibility index (Phi) is 6.39. The summed E-state index contributed by atoms with van der Waals surface area (Å²) in [6.07, 6.45) is -20.1. The zero-order valence-electron chi connectivity index (χ0n) is 10.1. The molecule has 0 aromatic carbocycles. The molecule has 3 unspecified atom stereocenters. The largest absolute Gasteiger partial charge is 0.423 e. The number of hydrogen-bond acceptors (Lipinski definition) is 3. The van der Waals surface area contributed by atoms with E-state index in [1.807, 2.05) is 0 Å². The predicted octanol–water partition coefficient (Wildman–Crippen LogP) is 2.80. The molecule has 0 aromatic rings. The predicted molar refractivity (Wildman–Crippen MR) is 52.4 cm³/mol. The fraction of sp³-hybridized carbons (Fsp3) is 1.00. The van der Waals surface area contributed by atoms with E-state index in [-0.39, 0.29) is 0 Å². The van der Waals surface area contributed by atoms with Crippen LogP contribution >= 0.6 is 0 Å². The van der Waals surface area contributed by atoms with E-state index in [2.05, 4.69) is 4.74 Å². The van der Waals surface area contributed by atoms with E-state index < -0.39 is 52.8 Å². The molecule has 0 radical (unpaired) electrons. The Morgan fingerprint density at radius 2 is 1.52 bits per heavy atom. The van der Waals surface area contributed by atoms with Crippen LogP contribution in [0.3, 0.4) is 0 Å². The molecule has 0 rings (SSSR count). The van der Waals surface area contributed by atoms with Crippen LogP contribution in [0.2, 0.25) is 0 Å². The third-order valence-corrected chi connectivity index (χ3v) is 3.29. The minimum atomic E-state index is -6.10. The molecule has 0 heterocycles. The first kappa shape index (κ1) is 20.3. The lowest BCUT2D eigenvalue weighted by Crippen LogP contribution is -2.55. The van der Waals surface area contributed by atoms with Gasteiger partial charge in [-0.05, 0) is 6.42 Å². The first-order valence-electron chi connectivity index (χ1n) is 5.14. The number of halogens is 8. The van der Waals surface area contributed by atoms with Crippen LogP contribution in [0.5, 0.6) is 0 Å². The van der Waals surface area contributed by atoms with Gasteiger partial charge in [-0.1, -0.05) is 6.92 Å². The van der Waals surface area contributed by atoms with Crippen molar-refractivity contribution in [3.05, 3.63) is 0 Å². The summed E-state index contributed by atoms with van der Waals surface area (Å²) in [5, 5.41) is 0. The van der Waals surface area contributed by atoms with Gasteiger partial charge < -0.3 is 0 Å². The van der Waals surface area contributed by atoms with Crippen molar-refractivity contribution >= 4 is 10.1 Å². The maximum Gasteiger partial charge on any atom is 0.423 e. The SMILES string of the molecule is CCC(OC(F)(F)C(F)(F)C(F)C(F)C(F)F)S(=O)(=O)O. The maximum atomic E-state index is 13.0. The Bertz CT molecular complexity index is 440. The van der Waals surface area contributed by atoms with Crippen molar-refractivity contribution in [2.75, 3.05) is 0 Å². The van der Waals surface area contributed by atoms with Gasteiger partial charge in [-0.25, -0.2) is 17.6 Å². The summed E-state index contributed by atoms with van der Waals surface area (Å²) in [7, 11) is -5.37. The van der Waals surface area contributed by atoms with Crippen LogP contribution in [0.25, 0.3) is 0 Å². The second-order valence-electron chi connectivity index (χ2n) is 3.79. The normalized spacial score (nSPS) is 18.6. The Hall–Kier alpha value is -0.690. The molecule has 0 saturated carbocycles. The van der Waals surface area contributed by atoms with Gasteiger partial charge in [0.05, 0.1) is 0 Å². The standard InChI is InChI=1S/C8H10F8O4S/c1-2-3(21(17,18)19)20-8(15,16)7(13,14)5(10)4(9)6(11)12/h3-6H,2H2,1H3,(H,17,18,19). The van der Waals surface area contributed by atoms with E-state index >= 15 is 0 Å². The third-order valence-electron chi connectivity index (χ3n) is 2.20. The van der Waals surface area contributed by atoms with Crippen molar-refractivity contribution in [2.24, 2.45) is 0 Å². The molecule has 0 aliphatic heterocycles. The summed E-state index contributed by atoms with van der Waals surface area (Å²) >= 11 is 0. The van der Waals surface area contributed by atoms with Crippen molar-refractivity contribution in [1.29, 1.82) is 0 Å². The van der Waals surface area contributed by atoms with Gasteiger partial charge in [0.2, 0.25) is 6.17 Å². The first-order chi connectivity index (χ1) is 9.18. The molecule has 0 amide bonds. The van der Waals surface area contributed by atoms with Crippen molar-refractivity contribution < 1.29 is 52.8 Å². The van der Waals surface area contributed by atoms with Gasteiger partial charge in [0.15, 0.2) is 11.6 Å². The molecule has 0 aromatic heterocycles. The number of rotatable bonds is 8. The third kappa shape index (κ3) is 4.64. The topological polar surface area (TPSA) is 63.6 Å². The minimum absolute atomic E-state index is 0.830. The van der Waals surface area contributed by atoms with Crippen LogP contribution in [-0.4, -0.2) is 49.2 Å². The van der Waals surface area contributed by atoms with Crippen molar-refractivity contribution in [2.45, 2.75) is 49.6 Å². The molecule has 0 fully saturated rings. The quantitative estimate of drug-likeness (QED) is 0.538. The van der Waals surface area contributed by atoms with Crippen LogP contribution in [0.4, 0.5) is 35.1 Å². The fourth-order valence-corrected chi connectivity index (χ4v) is 1.75. The molecule has 13 heteroatoms. The van der Waals surface area contributed by atoms with E-state index in [4.69, 9.17) is 4.55 Å². The average molecular weight is 354 g/mol. The Labute approximate surface area is 113 Å². The van der Waals surface area contributed by atoms with Crippen molar-refractivity contribution in [3.8, 4) is 0 Å². The zero-order valence-corrected chi connectivity index (χ0v) is 10.9. The summed E-state index contributed by atoms with van der Waals surface area (Å²) in [6.45, 7) is 0.830. The van der Waals surface area contributed by atoms with Gasteiger partial charge in [0, 0.05) is 0 Å². The lowest BCUT2D eigenvalue weighted by Gasteiger charge is -2.31.